The average Bonchev–Trinajstić information content (AvgIpc) is 3.65. The number of hydrogen-bond donors (Lipinski definition) is 2. The zero-order valence-corrected chi connectivity index (χ0v) is 19.3. The second-order valence-corrected chi connectivity index (χ2v) is 9.53. The van der Waals surface area contributed by atoms with Crippen molar-refractivity contribution in [1.82, 2.24) is 20.8 Å². The molecule has 0 unspecified atom stereocenters. The van der Waals surface area contributed by atoms with Crippen molar-refractivity contribution in [2.45, 2.75) is 49.5 Å². The molecule has 34 heavy (non-hydrogen) atoms. The number of aromatic nitrogens is 2. The van der Waals surface area contributed by atoms with Crippen molar-refractivity contribution in [3.05, 3.63) is 47.5 Å². The van der Waals surface area contributed by atoms with Gasteiger partial charge in [0, 0.05) is 31.6 Å². The molecule has 0 radical (unpaired) electrons. The number of nitrogens with one attached hydrogen (secondary N) is 2. The number of carbonyl (C=O) groups excluding carboxylic acids is 2. The van der Waals surface area contributed by atoms with E-state index in [0.29, 0.717) is 16.6 Å². The van der Waals surface area contributed by atoms with E-state index in [1.54, 1.807) is 6.07 Å². The van der Waals surface area contributed by atoms with Crippen LogP contribution in [0, 0.1) is 5.92 Å². The largest absolute Gasteiger partial charge is 0.416 e. The van der Waals surface area contributed by atoms with E-state index in [9.17, 15) is 22.8 Å². The predicted octanol–water partition coefficient (Wildman–Crippen LogP) is 3.40. The van der Waals surface area contributed by atoms with Crippen molar-refractivity contribution in [3.63, 3.8) is 0 Å². The highest BCUT2D eigenvalue weighted by atomic mass is 32.2. The molecule has 7 nitrogen and oxygen atoms in total. The maximum absolute atomic E-state index is 12.8. The van der Waals surface area contributed by atoms with E-state index in [1.807, 2.05) is 6.07 Å². The summed E-state index contributed by atoms with van der Waals surface area (Å²) in [4.78, 5) is 26.4. The van der Waals surface area contributed by atoms with Crippen LogP contribution in [-0.2, 0) is 22.3 Å². The van der Waals surface area contributed by atoms with Gasteiger partial charge in [0.25, 0.3) is 0 Å². The van der Waals surface area contributed by atoms with Crippen molar-refractivity contribution < 1.29 is 22.8 Å². The highest BCUT2D eigenvalue weighted by Crippen LogP contribution is 2.29. The van der Waals surface area contributed by atoms with Gasteiger partial charge in [0.15, 0.2) is 5.82 Å². The Kier molecular flexibility index (Phi) is 7.60. The van der Waals surface area contributed by atoms with E-state index in [2.05, 4.69) is 25.7 Å². The Hall–Kier alpha value is -2.82. The fourth-order valence-corrected chi connectivity index (χ4v) is 4.37. The number of piperidine rings is 1. The Morgan fingerprint density at radius 3 is 2.47 bits per heavy atom. The lowest BCUT2D eigenvalue weighted by Gasteiger charge is -2.31. The lowest BCUT2D eigenvalue weighted by molar-refractivity contribution is -0.137. The fourth-order valence-electron chi connectivity index (χ4n) is 3.72. The number of carbonyl (C=O) groups is 2. The summed E-state index contributed by atoms with van der Waals surface area (Å²) in [5.74, 6) is 0.716. The van der Waals surface area contributed by atoms with Crippen molar-refractivity contribution in [3.8, 4) is 0 Å². The third kappa shape index (κ3) is 6.85. The van der Waals surface area contributed by atoms with Gasteiger partial charge >= 0.3 is 6.18 Å². The minimum atomic E-state index is -4.42. The monoisotopic (exact) mass is 493 g/mol. The van der Waals surface area contributed by atoms with E-state index < -0.39 is 11.7 Å². The molecule has 11 heteroatoms. The van der Waals surface area contributed by atoms with Gasteiger partial charge in [-0.3, -0.25) is 9.59 Å². The smallest absolute Gasteiger partial charge is 0.355 e. The van der Waals surface area contributed by atoms with Crippen LogP contribution >= 0.6 is 11.8 Å². The molecule has 2 aliphatic rings. The summed E-state index contributed by atoms with van der Waals surface area (Å²) < 4.78 is 38.4. The van der Waals surface area contributed by atoms with Crippen LogP contribution in [-0.4, -0.2) is 46.9 Å². The van der Waals surface area contributed by atoms with Crippen LogP contribution in [0.1, 0.15) is 36.8 Å². The Bertz CT molecular complexity index is 1010. The van der Waals surface area contributed by atoms with Gasteiger partial charge < -0.3 is 15.5 Å². The molecular formula is C23H26F3N5O2S. The quantitative estimate of drug-likeness (QED) is 0.549. The second kappa shape index (κ2) is 10.6. The summed E-state index contributed by atoms with van der Waals surface area (Å²) in [6.45, 7) is 1.49. The zero-order valence-electron chi connectivity index (χ0n) is 18.5. The number of hydrogen-bond acceptors (Lipinski definition) is 6. The van der Waals surface area contributed by atoms with E-state index >= 15 is 0 Å². The maximum atomic E-state index is 12.8. The molecule has 0 spiro atoms. The first kappa shape index (κ1) is 24.3. The standard InChI is InChI=1S/C23H26F3N5O2S/c24-23(25,26)17-3-1-2-15(12-17)13-27-20(32)14-34-21-7-6-19(29-30-21)31-10-8-16(9-11-31)22(33)28-18-4-5-18/h1-3,6-7,12,16,18H,4-5,8-11,13-14H2,(H,27,32)(H,28,33). The molecule has 0 bridgehead atoms. The molecule has 1 saturated heterocycles. The van der Waals surface area contributed by atoms with Gasteiger partial charge in [-0.15, -0.1) is 10.2 Å². The molecule has 1 aromatic carbocycles. The van der Waals surface area contributed by atoms with Crippen molar-refractivity contribution in [2.75, 3.05) is 23.7 Å². The number of alkyl halides is 3. The van der Waals surface area contributed by atoms with E-state index in [1.165, 1.54) is 23.9 Å². The van der Waals surface area contributed by atoms with Gasteiger partial charge in [0.05, 0.1) is 11.3 Å². The molecule has 0 atom stereocenters. The molecule has 2 fully saturated rings. The van der Waals surface area contributed by atoms with Crippen LogP contribution < -0.4 is 15.5 Å². The van der Waals surface area contributed by atoms with Crippen LogP contribution in [0.2, 0.25) is 0 Å². The average molecular weight is 494 g/mol. The molecule has 1 aliphatic heterocycles. The van der Waals surface area contributed by atoms with Crippen molar-refractivity contribution in [2.24, 2.45) is 5.92 Å². The van der Waals surface area contributed by atoms with Crippen molar-refractivity contribution in [1.29, 1.82) is 0 Å². The van der Waals surface area contributed by atoms with E-state index in [4.69, 9.17) is 0 Å². The first-order valence-electron chi connectivity index (χ1n) is 11.2. The Balaban J connectivity index is 1.19. The Morgan fingerprint density at radius 2 is 1.82 bits per heavy atom. The number of amides is 2. The molecule has 4 rings (SSSR count). The van der Waals surface area contributed by atoms with Crippen LogP contribution in [0.3, 0.4) is 0 Å². The van der Waals surface area contributed by atoms with Gasteiger partial charge in [0.1, 0.15) is 5.03 Å². The predicted molar refractivity (Wildman–Crippen MR) is 122 cm³/mol. The molecule has 1 saturated carbocycles. The van der Waals surface area contributed by atoms with Gasteiger partial charge in [0.2, 0.25) is 11.8 Å². The summed E-state index contributed by atoms with van der Waals surface area (Å²) in [6.07, 6.45) is -0.684. The molecule has 2 N–H and O–H groups in total. The lowest BCUT2D eigenvalue weighted by atomic mass is 9.96. The first-order valence-corrected chi connectivity index (χ1v) is 12.2. The van der Waals surface area contributed by atoms with Gasteiger partial charge in [-0.2, -0.15) is 13.2 Å². The number of rotatable bonds is 8. The number of anilines is 1. The molecule has 182 valence electrons. The highest BCUT2D eigenvalue weighted by Gasteiger charge is 2.31. The van der Waals surface area contributed by atoms with E-state index in [-0.39, 0.29) is 30.0 Å². The van der Waals surface area contributed by atoms with Gasteiger partial charge in [-0.05, 0) is 55.5 Å². The zero-order chi connectivity index (χ0) is 24.1. The Morgan fingerprint density at radius 1 is 1.06 bits per heavy atom. The minimum Gasteiger partial charge on any atom is -0.355 e. The van der Waals surface area contributed by atoms with E-state index in [0.717, 1.165) is 56.7 Å². The molecule has 1 aromatic heterocycles. The molecule has 2 aromatic rings. The SMILES string of the molecule is O=C(CSc1ccc(N2CCC(C(=O)NC3CC3)CC2)nn1)NCc1cccc(C(F)(F)F)c1. The van der Waals surface area contributed by atoms with Crippen LogP contribution in [0.5, 0.6) is 0 Å². The van der Waals surface area contributed by atoms with Gasteiger partial charge in [-0.1, -0.05) is 23.9 Å². The minimum absolute atomic E-state index is 0.0164. The second-order valence-electron chi connectivity index (χ2n) is 8.54. The molecule has 1 aliphatic carbocycles. The summed E-state index contributed by atoms with van der Waals surface area (Å²) >= 11 is 1.21. The highest BCUT2D eigenvalue weighted by molar-refractivity contribution is 7.99. The summed E-state index contributed by atoms with van der Waals surface area (Å²) in [5.41, 5.74) is -0.360. The molecule has 2 amide bonds. The normalized spacial score (nSPS) is 16.9. The molecule has 2 heterocycles. The number of nitrogens with zero attached hydrogens (tertiary/aromatic N) is 3. The number of halogens is 3. The van der Waals surface area contributed by atoms with Crippen LogP contribution in [0.15, 0.2) is 41.4 Å². The topological polar surface area (TPSA) is 87.2 Å². The van der Waals surface area contributed by atoms with Crippen molar-refractivity contribution >= 4 is 29.4 Å². The summed E-state index contributed by atoms with van der Waals surface area (Å²) in [6, 6.07) is 8.90. The Labute approximate surface area is 199 Å². The first-order chi connectivity index (χ1) is 16.3. The third-order valence-electron chi connectivity index (χ3n) is 5.83. The summed E-state index contributed by atoms with van der Waals surface area (Å²) in [7, 11) is 0. The molecular weight excluding hydrogens is 467 g/mol. The third-order valence-corrected chi connectivity index (χ3v) is 6.75. The van der Waals surface area contributed by atoms with Crippen LogP contribution in [0.4, 0.5) is 19.0 Å². The maximum Gasteiger partial charge on any atom is 0.416 e. The fraction of sp³-hybridized carbons (Fsp3) is 0.478. The summed E-state index contributed by atoms with van der Waals surface area (Å²) in [5, 5.41) is 14.7. The van der Waals surface area contributed by atoms with Crippen LogP contribution in [0.25, 0.3) is 0 Å². The number of benzene rings is 1. The van der Waals surface area contributed by atoms with Gasteiger partial charge in [-0.25, -0.2) is 0 Å². The lowest BCUT2D eigenvalue weighted by Crippen LogP contribution is -2.41. The number of thioether (sulfide) groups is 1.